The van der Waals surface area contributed by atoms with Gasteiger partial charge in [0.2, 0.25) is 0 Å². The molecule has 0 bridgehead atoms. The predicted molar refractivity (Wildman–Crippen MR) is 110 cm³/mol. The third-order valence-corrected chi connectivity index (χ3v) is 5.78. The highest BCUT2D eigenvalue weighted by atomic mass is 16.6. The first-order valence-corrected chi connectivity index (χ1v) is 9.78. The lowest BCUT2D eigenvalue weighted by Crippen LogP contribution is -2.50. The quantitative estimate of drug-likeness (QED) is 0.671. The fraction of sp³-hybridized carbons (Fsp3) is 0.304. The van der Waals surface area contributed by atoms with Crippen molar-refractivity contribution in [3.05, 3.63) is 60.7 Å². The molecule has 28 heavy (non-hydrogen) atoms. The van der Waals surface area contributed by atoms with E-state index >= 15 is 0 Å². The van der Waals surface area contributed by atoms with Crippen molar-refractivity contribution in [2.75, 3.05) is 31.6 Å². The molecule has 0 N–H and O–H groups in total. The van der Waals surface area contributed by atoms with Crippen molar-refractivity contribution in [2.24, 2.45) is 0 Å². The molecule has 0 radical (unpaired) electrons. The van der Waals surface area contributed by atoms with Crippen LogP contribution < -0.4 is 4.90 Å². The summed E-state index contributed by atoms with van der Waals surface area (Å²) in [6, 6.07) is 20.7. The predicted octanol–water partition coefficient (Wildman–Crippen LogP) is 4.32. The largest absolute Gasteiger partial charge is 0.439 e. The summed E-state index contributed by atoms with van der Waals surface area (Å²) >= 11 is 0. The molecule has 142 valence electrons. The standard InChI is InChI=1S/C23H23N3O2/c1-25-15-23(28-22(25)27)12-7-13-26(16-23)21-14-20(17-8-3-2-4-9-17)24-19-11-6-5-10-18(19)21/h2-6,8-11,14H,7,12-13,15-16H2,1H3/t23-/m0/s1. The lowest BCUT2D eigenvalue weighted by Gasteiger charge is -2.40. The van der Waals surface area contributed by atoms with Gasteiger partial charge >= 0.3 is 6.09 Å². The number of nitrogens with zero attached hydrogens (tertiary/aromatic N) is 3. The van der Waals surface area contributed by atoms with Crippen LogP contribution in [0.25, 0.3) is 22.2 Å². The molecule has 3 heterocycles. The average Bonchev–Trinajstić information content (AvgIpc) is 3.00. The molecule has 5 rings (SSSR count). The number of anilines is 1. The highest BCUT2D eigenvalue weighted by Gasteiger charge is 2.46. The number of likely N-dealkylation sites (N-methyl/N-ethyl adjacent to an activating group) is 1. The summed E-state index contributed by atoms with van der Waals surface area (Å²) < 4.78 is 5.81. The molecule has 2 aliphatic rings. The highest BCUT2D eigenvalue weighted by Crippen LogP contribution is 2.37. The van der Waals surface area contributed by atoms with E-state index in [1.165, 1.54) is 0 Å². The molecule has 1 atom stereocenters. The van der Waals surface area contributed by atoms with Crippen molar-refractivity contribution >= 4 is 22.7 Å². The third-order valence-electron chi connectivity index (χ3n) is 5.78. The maximum absolute atomic E-state index is 12.0. The maximum atomic E-state index is 12.0. The van der Waals surface area contributed by atoms with Gasteiger partial charge in [-0.25, -0.2) is 9.78 Å². The van der Waals surface area contributed by atoms with Crippen LogP contribution in [0, 0.1) is 0 Å². The number of hydrogen-bond acceptors (Lipinski definition) is 4. The third kappa shape index (κ3) is 2.87. The van der Waals surface area contributed by atoms with E-state index in [9.17, 15) is 4.79 Å². The SMILES string of the molecule is CN1C[C@]2(CCCN(c3cc(-c4ccccc4)nc4ccccc34)C2)OC1=O. The molecule has 3 aromatic rings. The first-order valence-electron chi connectivity index (χ1n) is 9.78. The van der Waals surface area contributed by atoms with Crippen LogP contribution in [0.3, 0.4) is 0 Å². The molecule has 5 heteroatoms. The molecule has 1 aromatic heterocycles. The Bertz CT molecular complexity index is 1040. The molecule has 0 aliphatic carbocycles. The normalized spacial score (nSPS) is 22.1. The molecule has 1 spiro atoms. The Hall–Kier alpha value is -3.08. The van der Waals surface area contributed by atoms with Crippen molar-refractivity contribution in [2.45, 2.75) is 18.4 Å². The molecule has 1 amide bonds. The van der Waals surface area contributed by atoms with Gasteiger partial charge in [0.1, 0.15) is 5.60 Å². The Morgan fingerprint density at radius 3 is 2.61 bits per heavy atom. The summed E-state index contributed by atoms with van der Waals surface area (Å²) in [5.74, 6) is 0. The van der Waals surface area contributed by atoms with Gasteiger partial charge in [0, 0.05) is 30.2 Å². The van der Waals surface area contributed by atoms with Crippen LogP contribution in [0.1, 0.15) is 12.8 Å². The fourth-order valence-corrected chi connectivity index (χ4v) is 4.48. The second-order valence-electron chi connectivity index (χ2n) is 7.84. The molecular weight excluding hydrogens is 350 g/mol. The van der Waals surface area contributed by atoms with E-state index in [1.54, 1.807) is 4.90 Å². The minimum Gasteiger partial charge on any atom is -0.439 e. The van der Waals surface area contributed by atoms with Gasteiger partial charge in [0.15, 0.2) is 0 Å². The number of para-hydroxylation sites is 1. The van der Waals surface area contributed by atoms with Crippen molar-refractivity contribution in [3.63, 3.8) is 0 Å². The summed E-state index contributed by atoms with van der Waals surface area (Å²) in [5.41, 5.74) is 3.80. The molecule has 0 unspecified atom stereocenters. The second-order valence-corrected chi connectivity index (χ2v) is 7.84. The molecule has 0 saturated carbocycles. The number of rotatable bonds is 2. The molecular formula is C23H23N3O2. The number of benzene rings is 2. The number of ether oxygens (including phenoxy) is 1. The van der Waals surface area contributed by atoms with E-state index in [2.05, 4.69) is 41.3 Å². The van der Waals surface area contributed by atoms with E-state index < -0.39 is 5.60 Å². The Balaban J connectivity index is 1.59. The minimum absolute atomic E-state index is 0.216. The van der Waals surface area contributed by atoms with Crippen molar-refractivity contribution in [1.29, 1.82) is 0 Å². The van der Waals surface area contributed by atoms with E-state index in [4.69, 9.17) is 9.72 Å². The zero-order valence-corrected chi connectivity index (χ0v) is 16.0. The number of amides is 1. The summed E-state index contributed by atoms with van der Waals surface area (Å²) in [6.07, 6.45) is 1.69. The zero-order chi connectivity index (χ0) is 19.1. The van der Waals surface area contributed by atoms with Crippen LogP contribution in [-0.4, -0.2) is 48.3 Å². The van der Waals surface area contributed by atoms with Crippen molar-refractivity contribution in [3.8, 4) is 11.3 Å². The van der Waals surface area contributed by atoms with Crippen LogP contribution in [0.2, 0.25) is 0 Å². The number of aromatic nitrogens is 1. The van der Waals surface area contributed by atoms with Crippen molar-refractivity contribution in [1.82, 2.24) is 9.88 Å². The zero-order valence-electron chi connectivity index (χ0n) is 16.0. The fourth-order valence-electron chi connectivity index (χ4n) is 4.48. The lowest BCUT2D eigenvalue weighted by molar-refractivity contribution is 0.0448. The van der Waals surface area contributed by atoms with E-state index in [-0.39, 0.29) is 6.09 Å². The monoisotopic (exact) mass is 373 g/mol. The van der Waals surface area contributed by atoms with E-state index in [0.29, 0.717) is 13.1 Å². The number of carbonyl (C=O) groups is 1. The highest BCUT2D eigenvalue weighted by molar-refractivity contribution is 5.94. The van der Waals surface area contributed by atoms with Crippen LogP contribution in [0.5, 0.6) is 0 Å². The smallest absolute Gasteiger partial charge is 0.410 e. The van der Waals surface area contributed by atoms with Gasteiger partial charge in [-0.1, -0.05) is 48.5 Å². The maximum Gasteiger partial charge on any atom is 0.410 e. The number of fused-ring (bicyclic) bond motifs is 1. The van der Waals surface area contributed by atoms with Crippen LogP contribution in [-0.2, 0) is 4.74 Å². The van der Waals surface area contributed by atoms with Gasteiger partial charge in [0.05, 0.1) is 24.3 Å². The number of pyridine rings is 1. The van der Waals surface area contributed by atoms with Gasteiger partial charge in [-0.3, -0.25) is 0 Å². The summed E-state index contributed by atoms with van der Waals surface area (Å²) in [5, 5.41) is 1.14. The van der Waals surface area contributed by atoms with Crippen molar-refractivity contribution < 1.29 is 9.53 Å². The summed E-state index contributed by atoms with van der Waals surface area (Å²) in [7, 11) is 1.81. The van der Waals surface area contributed by atoms with Gasteiger partial charge < -0.3 is 14.5 Å². The number of piperidine rings is 1. The molecule has 2 aliphatic heterocycles. The van der Waals surface area contributed by atoms with Crippen LogP contribution in [0.15, 0.2) is 60.7 Å². The Labute approximate surface area is 164 Å². The summed E-state index contributed by atoms with van der Waals surface area (Å²) in [6.45, 7) is 2.31. The Morgan fingerprint density at radius 2 is 1.82 bits per heavy atom. The average molecular weight is 373 g/mol. The Morgan fingerprint density at radius 1 is 1.04 bits per heavy atom. The molecule has 2 saturated heterocycles. The van der Waals surface area contributed by atoms with Gasteiger partial charge in [-0.2, -0.15) is 0 Å². The number of hydrogen-bond donors (Lipinski definition) is 0. The minimum atomic E-state index is -0.415. The lowest BCUT2D eigenvalue weighted by atomic mass is 9.92. The second kappa shape index (κ2) is 6.51. The van der Waals surface area contributed by atoms with Gasteiger partial charge in [0.25, 0.3) is 0 Å². The molecule has 2 fully saturated rings. The van der Waals surface area contributed by atoms with Gasteiger partial charge in [-0.05, 0) is 25.0 Å². The number of carbonyl (C=O) groups excluding carboxylic acids is 1. The molecule has 5 nitrogen and oxygen atoms in total. The van der Waals surface area contributed by atoms with E-state index in [0.717, 1.165) is 47.2 Å². The summed E-state index contributed by atoms with van der Waals surface area (Å²) in [4.78, 5) is 21.0. The first-order chi connectivity index (χ1) is 13.6. The topological polar surface area (TPSA) is 45.7 Å². The Kier molecular flexibility index (Phi) is 3.97. The van der Waals surface area contributed by atoms with Crippen LogP contribution >= 0.6 is 0 Å². The first kappa shape index (κ1) is 17.0. The van der Waals surface area contributed by atoms with Gasteiger partial charge in [-0.15, -0.1) is 0 Å². The molecule has 2 aromatic carbocycles. The van der Waals surface area contributed by atoms with E-state index in [1.807, 2.05) is 31.3 Å². The van der Waals surface area contributed by atoms with Crippen LogP contribution in [0.4, 0.5) is 10.5 Å².